The van der Waals surface area contributed by atoms with Crippen molar-refractivity contribution in [2.24, 2.45) is 0 Å². The predicted molar refractivity (Wildman–Crippen MR) is 127 cm³/mol. The van der Waals surface area contributed by atoms with Gasteiger partial charge < -0.3 is 14.4 Å². The lowest BCUT2D eigenvalue weighted by Crippen LogP contribution is -2.52. The van der Waals surface area contributed by atoms with Crippen LogP contribution in [-0.2, 0) is 0 Å². The summed E-state index contributed by atoms with van der Waals surface area (Å²) in [6, 6.07) is 21.1. The summed E-state index contributed by atoms with van der Waals surface area (Å²) in [7, 11) is 1.58. The summed E-state index contributed by atoms with van der Waals surface area (Å²) in [5.74, 6) is 0.858. The van der Waals surface area contributed by atoms with E-state index in [1.54, 1.807) is 78.7 Å². The number of benzene rings is 3. The lowest BCUT2D eigenvalue weighted by Gasteiger charge is -2.44. The van der Waals surface area contributed by atoms with Gasteiger partial charge in [-0.15, -0.1) is 0 Å². The Balaban J connectivity index is 1.34. The number of rotatable bonds is 4. The van der Waals surface area contributed by atoms with Crippen LogP contribution in [0.2, 0.25) is 0 Å². The molecule has 172 valence electrons. The van der Waals surface area contributed by atoms with Crippen molar-refractivity contribution >= 4 is 17.5 Å². The number of carbonyl (C=O) groups excluding carboxylic acids is 3. The summed E-state index contributed by atoms with van der Waals surface area (Å²) in [5.41, 5.74) is 1.26. The Labute approximate surface area is 198 Å². The minimum atomic E-state index is -0.632. The lowest BCUT2D eigenvalue weighted by atomic mass is 9.82. The third-order valence-corrected chi connectivity index (χ3v) is 6.70. The van der Waals surface area contributed by atoms with Gasteiger partial charge in [-0.25, -0.2) is 0 Å². The molecule has 0 N–H and O–H groups in total. The van der Waals surface area contributed by atoms with Gasteiger partial charge in [0.05, 0.1) is 24.7 Å². The molecule has 1 spiro atoms. The number of ether oxygens (including phenoxy) is 2. The van der Waals surface area contributed by atoms with Crippen LogP contribution in [0.1, 0.15) is 55.9 Å². The number of nitrogens with zero attached hydrogens (tertiary/aromatic N) is 1. The van der Waals surface area contributed by atoms with Gasteiger partial charge in [-0.1, -0.05) is 48.5 Å². The van der Waals surface area contributed by atoms with Crippen LogP contribution in [0.25, 0.3) is 0 Å². The molecule has 0 aliphatic carbocycles. The highest BCUT2D eigenvalue weighted by atomic mass is 16.5. The molecule has 2 heterocycles. The number of methoxy groups -OCH3 is 1. The van der Waals surface area contributed by atoms with E-state index in [1.807, 2.05) is 6.07 Å². The van der Waals surface area contributed by atoms with Gasteiger partial charge in [-0.05, 0) is 18.2 Å². The molecular formula is C28H25NO5. The molecule has 1 amide bonds. The molecule has 2 aliphatic rings. The number of hydrogen-bond donors (Lipinski definition) is 0. The fourth-order valence-corrected chi connectivity index (χ4v) is 4.78. The second-order valence-corrected chi connectivity index (χ2v) is 8.78. The van der Waals surface area contributed by atoms with Gasteiger partial charge in [0.25, 0.3) is 5.91 Å². The number of hydrogen-bond acceptors (Lipinski definition) is 5. The highest BCUT2D eigenvalue weighted by Gasteiger charge is 2.44. The van der Waals surface area contributed by atoms with Gasteiger partial charge in [-0.3, -0.25) is 14.4 Å². The van der Waals surface area contributed by atoms with Crippen molar-refractivity contribution in [3.05, 3.63) is 95.1 Å². The van der Waals surface area contributed by atoms with Crippen molar-refractivity contribution in [1.29, 1.82) is 0 Å². The molecule has 1 fully saturated rings. The maximum atomic E-state index is 13.4. The van der Waals surface area contributed by atoms with E-state index in [2.05, 4.69) is 0 Å². The van der Waals surface area contributed by atoms with Crippen LogP contribution in [0.4, 0.5) is 0 Å². The zero-order valence-corrected chi connectivity index (χ0v) is 19.0. The number of carbonyl (C=O) groups is 3. The molecule has 0 aromatic heterocycles. The van der Waals surface area contributed by atoms with E-state index in [-0.39, 0.29) is 23.9 Å². The number of ketones is 2. The maximum Gasteiger partial charge on any atom is 0.254 e. The summed E-state index contributed by atoms with van der Waals surface area (Å²) in [6.45, 7) is 0.887. The molecule has 2 aliphatic heterocycles. The Hall–Kier alpha value is -3.93. The molecule has 0 saturated carbocycles. The van der Waals surface area contributed by atoms with E-state index < -0.39 is 5.60 Å². The van der Waals surface area contributed by atoms with E-state index >= 15 is 0 Å². The van der Waals surface area contributed by atoms with Crippen molar-refractivity contribution in [1.82, 2.24) is 4.90 Å². The van der Waals surface area contributed by atoms with E-state index in [1.165, 1.54) is 0 Å². The number of amides is 1. The summed E-state index contributed by atoms with van der Waals surface area (Å²) in [5, 5.41) is 0. The average molecular weight is 456 g/mol. The third-order valence-electron chi connectivity index (χ3n) is 6.70. The van der Waals surface area contributed by atoms with Crippen molar-refractivity contribution < 1.29 is 23.9 Å². The average Bonchev–Trinajstić information content (AvgIpc) is 2.88. The molecule has 6 heteroatoms. The summed E-state index contributed by atoms with van der Waals surface area (Å²) in [4.78, 5) is 41.0. The normalized spacial score (nSPS) is 16.5. The predicted octanol–water partition coefficient (Wildman–Crippen LogP) is 4.57. The van der Waals surface area contributed by atoms with Gasteiger partial charge in [-0.2, -0.15) is 0 Å². The SMILES string of the molecule is COc1ccc2c(c1)OC1(CCN(C(=O)c3ccccc3C(=O)c3ccccc3)CC1)CC2=O. The van der Waals surface area contributed by atoms with Crippen molar-refractivity contribution in [3.8, 4) is 11.5 Å². The van der Waals surface area contributed by atoms with Crippen LogP contribution in [-0.4, -0.2) is 48.2 Å². The topological polar surface area (TPSA) is 72.9 Å². The van der Waals surface area contributed by atoms with Crippen molar-refractivity contribution in [3.63, 3.8) is 0 Å². The van der Waals surface area contributed by atoms with Crippen molar-refractivity contribution in [2.75, 3.05) is 20.2 Å². The zero-order valence-electron chi connectivity index (χ0n) is 19.0. The highest BCUT2D eigenvalue weighted by Crippen LogP contribution is 2.41. The first-order valence-corrected chi connectivity index (χ1v) is 11.4. The van der Waals surface area contributed by atoms with Gasteiger partial charge in [0, 0.05) is 43.1 Å². The Morgan fingerprint density at radius 1 is 0.912 bits per heavy atom. The second-order valence-electron chi connectivity index (χ2n) is 8.78. The number of Topliss-reactive ketones (excluding diaryl/α,β-unsaturated/α-hetero) is 1. The second kappa shape index (κ2) is 8.78. The van der Waals surface area contributed by atoms with E-state index in [4.69, 9.17) is 9.47 Å². The molecule has 0 radical (unpaired) electrons. The Morgan fingerprint density at radius 3 is 2.29 bits per heavy atom. The van der Waals surface area contributed by atoms with Gasteiger partial charge >= 0.3 is 0 Å². The van der Waals surface area contributed by atoms with Gasteiger partial charge in [0.15, 0.2) is 11.6 Å². The van der Waals surface area contributed by atoms with Crippen LogP contribution in [0.5, 0.6) is 11.5 Å². The third kappa shape index (κ3) is 3.96. The monoisotopic (exact) mass is 455 g/mol. The minimum absolute atomic E-state index is 0.0440. The molecule has 0 unspecified atom stereocenters. The number of piperidine rings is 1. The fourth-order valence-electron chi connectivity index (χ4n) is 4.78. The first-order chi connectivity index (χ1) is 16.5. The Morgan fingerprint density at radius 2 is 1.59 bits per heavy atom. The molecule has 1 saturated heterocycles. The minimum Gasteiger partial charge on any atom is -0.497 e. The molecule has 5 rings (SSSR count). The Bertz CT molecular complexity index is 1260. The first-order valence-electron chi connectivity index (χ1n) is 11.4. The van der Waals surface area contributed by atoms with Crippen LogP contribution in [0.3, 0.4) is 0 Å². The molecule has 0 atom stereocenters. The van der Waals surface area contributed by atoms with Gasteiger partial charge in [0.1, 0.15) is 17.1 Å². The van der Waals surface area contributed by atoms with E-state index in [0.29, 0.717) is 59.7 Å². The Kier molecular flexibility index (Phi) is 5.65. The fraction of sp³-hybridized carbons (Fsp3) is 0.250. The zero-order chi connectivity index (χ0) is 23.7. The van der Waals surface area contributed by atoms with Crippen LogP contribution in [0.15, 0.2) is 72.8 Å². The maximum absolute atomic E-state index is 13.4. The van der Waals surface area contributed by atoms with Gasteiger partial charge in [0.2, 0.25) is 0 Å². The molecule has 34 heavy (non-hydrogen) atoms. The smallest absolute Gasteiger partial charge is 0.254 e. The molecule has 0 bridgehead atoms. The first kappa shape index (κ1) is 21.9. The number of fused-ring (bicyclic) bond motifs is 1. The summed E-state index contributed by atoms with van der Waals surface area (Å²) in [6.07, 6.45) is 1.36. The van der Waals surface area contributed by atoms with Crippen LogP contribution < -0.4 is 9.47 Å². The lowest BCUT2D eigenvalue weighted by molar-refractivity contribution is -0.00585. The molecule has 3 aromatic carbocycles. The van der Waals surface area contributed by atoms with E-state index in [9.17, 15) is 14.4 Å². The largest absolute Gasteiger partial charge is 0.497 e. The number of likely N-dealkylation sites (tertiary alicyclic amines) is 1. The van der Waals surface area contributed by atoms with E-state index in [0.717, 1.165) is 0 Å². The summed E-state index contributed by atoms with van der Waals surface area (Å²) >= 11 is 0. The summed E-state index contributed by atoms with van der Waals surface area (Å²) < 4.78 is 11.6. The molecular weight excluding hydrogens is 430 g/mol. The van der Waals surface area contributed by atoms with Crippen molar-refractivity contribution in [2.45, 2.75) is 24.9 Å². The quantitative estimate of drug-likeness (QED) is 0.539. The van der Waals surface area contributed by atoms with Crippen LogP contribution >= 0.6 is 0 Å². The highest BCUT2D eigenvalue weighted by molar-refractivity contribution is 6.15. The standard InChI is InChI=1S/C28H25NO5/c1-33-20-11-12-23-24(30)18-28(34-25(23)17-20)13-15-29(16-14-28)27(32)22-10-6-5-9-21(22)26(31)19-7-3-2-4-8-19/h2-12,17H,13-16,18H2,1H3. The van der Waals surface area contributed by atoms with Crippen LogP contribution in [0, 0.1) is 0 Å². The molecule has 3 aromatic rings. The molecule has 6 nitrogen and oxygen atoms in total.